The number of hydrogen-bond donors (Lipinski definition) is 1. The van der Waals surface area contributed by atoms with Crippen molar-refractivity contribution in [3.05, 3.63) is 65.2 Å². The van der Waals surface area contributed by atoms with Crippen molar-refractivity contribution in [2.75, 3.05) is 24.2 Å². The Bertz CT molecular complexity index is 884. The van der Waals surface area contributed by atoms with E-state index in [4.69, 9.17) is 10.00 Å². The van der Waals surface area contributed by atoms with Crippen LogP contribution in [0, 0.1) is 11.3 Å². The van der Waals surface area contributed by atoms with E-state index in [1.54, 1.807) is 48.5 Å². The number of ether oxygens (including phenoxy) is 1. The number of ketones is 1. The normalized spacial score (nSPS) is 10.9. The highest BCUT2D eigenvalue weighted by Crippen LogP contribution is 2.19. The van der Waals surface area contributed by atoms with Crippen LogP contribution < -0.4 is 4.72 Å². The average Bonchev–Trinajstić information content (AvgIpc) is 2.61. The van der Waals surface area contributed by atoms with E-state index in [9.17, 15) is 13.2 Å². The van der Waals surface area contributed by atoms with E-state index in [0.717, 1.165) is 5.56 Å². The summed E-state index contributed by atoms with van der Waals surface area (Å²) in [4.78, 5) is 12.6. The molecule has 130 valence electrons. The monoisotopic (exact) mass is 358 g/mol. The fourth-order valence-electron chi connectivity index (χ4n) is 2.20. The molecule has 0 saturated carbocycles. The molecule has 0 amide bonds. The Morgan fingerprint density at radius 3 is 2.48 bits per heavy atom. The molecule has 2 aromatic rings. The molecule has 0 fully saturated rings. The zero-order valence-corrected chi connectivity index (χ0v) is 14.5. The van der Waals surface area contributed by atoms with Crippen molar-refractivity contribution < 1.29 is 17.9 Å². The summed E-state index contributed by atoms with van der Waals surface area (Å²) in [6.07, 6.45) is 0.114. The molecule has 25 heavy (non-hydrogen) atoms. The van der Waals surface area contributed by atoms with Gasteiger partial charge in [-0.25, -0.2) is 8.42 Å². The summed E-state index contributed by atoms with van der Waals surface area (Å²) in [5.41, 5.74) is 1.81. The molecule has 2 rings (SSSR count). The van der Waals surface area contributed by atoms with Crippen molar-refractivity contribution in [1.29, 1.82) is 5.26 Å². The summed E-state index contributed by atoms with van der Waals surface area (Å²) in [5.74, 6) is -0.406. The van der Waals surface area contributed by atoms with Gasteiger partial charge >= 0.3 is 0 Å². The molecule has 0 heterocycles. The molecule has 2 aromatic carbocycles. The van der Waals surface area contributed by atoms with Gasteiger partial charge in [0, 0.05) is 19.1 Å². The number of para-hydroxylation sites is 1. The maximum atomic E-state index is 12.6. The van der Waals surface area contributed by atoms with Crippen molar-refractivity contribution in [2.24, 2.45) is 0 Å². The van der Waals surface area contributed by atoms with Gasteiger partial charge in [-0.15, -0.1) is 0 Å². The fourth-order valence-corrected chi connectivity index (χ4v) is 3.21. The van der Waals surface area contributed by atoms with E-state index in [1.807, 2.05) is 6.07 Å². The van der Waals surface area contributed by atoms with Gasteiger partial charge in [0.25, 0.3) is 0 Å². The molecule has 0 aliphatic heterocycles. The number of anilines is 1. The number of benzene rings is 2. The lowest BCUT2D eigenvalue weighted by Crippen LogP contribution is -2.21. The van der Waals surface area contributed by atoms with Gasteiger partial charge in [-0.05, 0) is 29.8 Å². The number of nitrogens with one attached hydrogen (secondary N) is 1. The molecule has 0 saturated heterocycles. The number of methoxy groups -OCH3 is 1. The summed E-state index contributed by atoms with van der Waals surface area (Å²) in [7, 11) is -2.18. The van der Waals surface area contributed by atoms with Crippen molar-refractivity contribution >= 4 is 21.5 Å². The zero-order chi connectivity index (χ0) is 18.3. The zero-order valence-electron chi connectivity index (χ0n) is 13.7. The van der Waals surface area contributed by atoms with Crippen molar-refractivity contribution in [1.82, 2.24) is 0 Å². The van der Waals surface area contributed by atoms with Gasteiger partial charge < -0.3 is 4.74 Å². The van der Waals surface area contributed by atoms with Crippen LogP contribution in [0.3, 0.4) is 0 Å². The molecule has 0 atom stereocenters. The maximum Gasteiger partial charge on any atom is 0.235 e. The van der Waals surface area contributed by atoms with E-state index < -0.39 is 10.0 Å². The van der Waals surface area contributed by atoms with Crippen LogP contribution in [0.5, 0.6) is 0 Å². The molecule has 0 radical (unpaired) electrons. The summed E-state index contributed by atoms with van der Waals surface area (Å²) >= 11 is 0. The predicted octanol–water partition coefficient (Wildman–Crippen LogP) is 2.37. The Morgan fingerprint density at radius 1 is 1.16 bits per heavy atom. The Morgan fingerprint density at radius 2 is 1.84 bits per heavy atom. The SMILES string of the molecule is COCCS(=O)(=O)Nc1ccccc1C(=O)Cc1ccc(C#N)cc1. The first-order valence-electron chi connectivity index (χ1n) is 7.56. The minimum atomic E-state index is -3.60. The lowest BCUT2D eigenvalue weighted by molar-refractivity contribution is 0.0994. The molecule has 0 bridgehead atoms. The number of carbonyl (C=O) groups excluding carboxylic acids is 1. The highest BCUT2D eigenvalue weighted by atomic mass is 32.2. The molecular formula is C18H18N2O4S. The minimum absolute atomic E-state index is 0.0662. The summed E-state index contributed by atoms with van der Waals surface area (Å²) in [5, 5.41) is 8.80. The topological polar surface area (TPSA) is 96.3 Å². The highest BCUT2D eigenvalue weighted by molar-refractivity contribution is 7.92. The third-order valence-electron chi connectivity index (χ3n) is 3.50. The number of carbonyl (C=O) groups is 1. The smallest absolute Gasteiger partial charge is 0.235 e. The number of rotatable bonds is 8. The standard InChI is InChI=1S/C18H18N2O4S/c1-24-10-11-25(22,23)20-17-5-3-2-4-16(17)18(21)12-14-6-8-15(13-19)9-7-14/h2-9,20H,10-12H2,1H3. The maximum absolute atomic E-state index is 12.6. The second-order valence-electron chi connectivity index (χ2n) is 5.37. The second-order valence-corrected chi connectivity index (χ2v) is 7.21. The number of sulfonamides is 1. The molecule has 1 N–H and O–H groups in total. The number of hydrogen-bond acceptors (Lipinski definition) is 5. The van der Waals surface area contributed by atoms with Gasteiger partial charge in [0.15, 0.2) is 5.78 Å². The van der Waals surface area contributed by atoms with E-state index >= 15 is 0 Å². The predicted molar refractivity (Wildman–Crippen MR) is 94.9 cm³/mol. The molecule has 0 spiro atoms. The lowest BCUT2D eigenvalue weighted by Gasteiger charge is -2.12. The second kappa shape index (κ2) is 8.42. The van der Waals surface area contributed by atoms with Gasteiger partial charge in [-0.2, -0.15) is 5.26 Å². The summed E-state index contributed by atoms with van der Waals surface area (Å²) in [6, 6.07) is 15.2. The molecule has 6 nitrogen and oxygen atoms in total. The van der Waals surface area contributed by atoms with Crippen molar-refractivity contribution in [2.45, 2.75) is 6.42 Å². The largest absolute Gasteiger partial charge is 0.384 e. The van der Waals surface area contributed by atoms with Crippen LogP contribution in [0.4, 0.5) is 5.69 Å². The molecule has 0 aromatic heterocycles. The third kappa shape index (κ3) is 5.41. The molecule has 0 aliphatic carbocycles. The van der Waals surface area contributed by atoms with E-state index in [-0.39, 0.29) is 30.3 Å². The Hall–Kier alpha value is -2.69. The van der Waals surface area contributed by atoms with Crippen LogP contribution in [-0.4, -0.2) is 33.7 Å². The van der Waals surface area contributed by atoms with E-state index in [1.165, 1.54) is 7.11 Å². The van der Waals surface area contributed by atoms with Crippen LogP contribution in [0.15, 0.2) is 48.5 Å². The number of Topliss-reactive ketones (excluding diaryl/α,β-unsaturated/α-hetero) is 1. The van der Waals surface area contributed by atoms with Gasteiger partial charge in [0.2, 0.25) is 10.0 Å². The Balaban J connectivity index is 2.18. The van der Waals surface area contributed by atoms with Crippen LogP contribution in [0.1, 0.15) is 21.5 Å². The summed E-state index contributed by atoms with van der Waals surface area (Å²) in [6.45, 7) is 0.0662. The van der Waals surface area contributed by atoms with Crippen LogP contribution >= 0.6 is 0 Å². The molecule has 7 heteroatoms. The first-order chi connectivity index (χ1) is 11.9. The first-order valence-corrected chi connectivity index (χ1v) is 9.21. The minimum Gasteiger partial charge on any atom is -0.384 e. The van der Waals surface area contributed by atoms with E-state index in [0.29, 0.717) is 11.1 Å². The summed E-state index contributed by atoms with van der Waals surface area (Å²) < 4.78 is 31.3. The van der Waals surface area contributed by atoms with Gasteiger partial charge in [0.05, 0.1) is 29.7 Å². The molecule has 0 aliphatic rings. The van der Waals surface area contributed by atoms with E-state index in [2.05, 4.69) is 4.72 Å². The molecular weight excluding hydrogens is 340 g/mol. The first kappa shape index (κ1) is 18.6. The van der Waals surface area contributed by atoms with Gasteiger partial charge in [0.1, 0.15) is 0 Å². The van der Waals surface area contributed by atoms with Crippen molar-refractivity contribution in [3.8, 4) is 6.07 Å². The quantitative estimate of drug-likeness (QED) is 0.731. The lowest BCUT2D eigenvalue weighted by atomic mass is 10.0. The number of nitriles is 1. The van der Waals surface area contributed by atoms with Gasteiger partial charge in [-0.3, -0.25) is 9.52 Å². The van der Waals surface area contributed by atoms with Gasteiger partial charge in [-0.1, -0.05) is 24.3 Å². The Kier molecular flexibility index (Phi) is 6.28. The van der Waals surface area contributed by atoms with Crippen LogP contribution in [0.25, 0.3) is 0 Å². The third-order valence-corrected chi connectivity index (χ3v) is 4.73. The fraction of sp³-hybridized carbons (Fsp3) is 0.222. The van der Waals surface area contributed by atoms with Crippen LogP contribution in [-0.2, 0) is 21.2 Å². The molecule has 0 unspecified atom stereocenters. The van der Waals surface area contributed by atoms with Crippen LogP contribution in [0.2, 0.25) is 0 Å². The van der Waals surface area contributed by atoms with Crippen molar-refractivity contribution in [3.63, 3.8) is 0 Å². The Labute approximate surface area is 147 Å². The number of nitrogens with zero attached hydrogens (tertiary/aromatic N) is 1. The highest BCUT2D eigenvalue weighted by Gasteiger charge is 2.16. The average molecular weight is 358 g/mol.